The molecule has 0 radical (unpaired) electrons. The van der Waals surface area contributed by atoms with E-state index in [0.29, 0.717) is 17.4 Å². The van der Waals surface area contributed by atoms with Crippen LogP contribution in [0.4, 0.5) is 0 Å². The fraction of sp³-hybridized carbons (Fsp3) is 0.450. The first-order chi connectivity index (χ1) is 11.6. The van der Waals surface area contributed by atoms with E-state index in [0.717, 1.165) is 12.0 Å². The first kappa shape index (κ1) is 20.3. The quantitative estimate of drug-likeness (QED) is 0.221. The molecule has 0 unspecified atom stereocenters. The number of benzene rings is 1. The first-order valence-corrected chi connectivity index (χ1v) is 8.89. The number of hydrogen-bond donors (Lipinski definition) is 0. The monoisotopic (exact) mass is 350 g/mol. The summed E-state index contributed by atoms with van der Waals surface area (Å²) in [5, 5.41) is 0.660. The number of carbonyl (C=O) groups is 1. The average molecular weight is 351 g/mol. The standard InChI is InChI=1S/C20H27ClO3/c1-3-4-5-6-7-8-9-17(2)16-20(22)24-15-14-23-19-12-10-18(21)11-13-19/h8-13,16H,3-7,14-15H2,1-2H3/b9-8+,17-16+. The van der Waals surface area contributed by atoms with Crippen molar-refractivity contribution in [3.63, 3.8) is 0 Å². The van der Waals surface area contributed by atoms with Gasteiger partial charge < -0.3 is 9.47 Å². The Balaban J connectivity index is 2.17. The number of unbranched alkanes of at least 4 members (excludes halogenated alkanes) is 4. The van der Waals surface area contributed by atoms with E-state index >= 15 is 0 Å². The van der Waals surface area contributed by atoms with Gasteiger partial charge in [-0.05, 0) is 49.6 Å². The van der Waals surface area contributed by atoms with Crippen LogP contribution in [0.3, 0.4) is 0 Å². The molecule has 3 nitrogen and oxygen atoms in total. The van der Waals surface area contributed by atoms with Crippen molar-refractivity contribution in [1.29, 1.82) is 0 Å². The summed E-state index contributed by atoms with van der Waals surface area (Å²) in [5.74, 6) is 0.357. The number of ether oxygens (including phenoxy) is 2. The molecule has 1 aromatic rings. The van der Waals surface area contributed by atoms with Crippen LogP contribution in [0.2, 0.25) is 5.02 Å². The minimum Gasteiger partial charge on any atom is -0.490 e. The van der Waals surface area contributed by atoms with Gasteiger partial charge in [0.2, 0.25) is 0 Å². The molecule has 0 aliphatic rings. The third-order valence-corrected chi connectivity index (χ3v) is 3.61. The van der Waals surface area contributed by atoms with Crippen molar-refractivity contribution in [3.05, 3.63) is 53.1 Å². The highest BCUT2D eigenvalue weighted by Gasteiger charge is 1.99. The molecule has 0 atom stereocenters. The number of carbonyl (C=O) groups excluding carboxylic acids is 1. The van der Waals surface area contributed by atoms with Crippen molar-refractivity contribution in [2.75, 3.05) is 13.2 Å². The first-order valence-electron chi connectivity index (χ1n) is 8.51. The van der Waals surface area contributed by atoms with Crippen molar-refractivity contribution in [2.45, 2.75) is 46.0 Å². The van der Waals surface area contributed by atoms with Gasteiger partial charge in [-0.25, -0.2) is 4.79 Å². The molecule has 0 saturated heterocycles. The fourth-order valence-corrected chi connectivity index (χ4v) is 2.19. The summed E-state index contributed by atoms with van der Waals surface area (Å²) in [6.07, 6.45) is 11.6. The Kier molecular flexibility index (Phi) is 10.7. The smallest absolute Gasteiger partial charge is 0.331 e. The molecule has 0 N–H and O–H groups in total. The Morgan fingerprint density at radius 3 is 2.58 bits per heavy atom. The fourth-order valence-electron chi connectivity index (χ4n) is 2.07. The molecule has 0 aromatic heterocycles. The number of hydrogen-bond acceptors (Lipinski definition) is 3. The van der Waals surface area contributed by atoms with Gasteiger partial charge in [0.1, 0.15) is 19.0 Å². The zero-order valence-corrected chi connectivity index (χ0v) is 15.3. The summed E-state index contributed by atoms with van der Waals surface area (Å²) >= 11 is 5.79. The molecule has 0 saturated carbocycles. The summed E-state index contributed by atoms with van der Waals surface area (Å²) in [6, 6.07) is 7.06. The average Bonchev–Trinajstić information content (AvgIpc) is 2.56. The Bertz CT molecular complexity index is 532. The van der Waals surface area contributed by atoms with E-state index in [-0.39, 0.29) is 12.6 Å². The van der Waals surface area contributed by atoms with Crippen molar-refractivity contribution in [2.24, 2.45) is 0 Å². The molecule has 0 spiro atoms. The number of esters is 1. The van der Waals surface area contributed by atoms with E-state index in [9.17, 15) is 4.79 Å². The molecule has 0 amide bonds. The van der Waals surface area contributed by atoms with Gasteiger partial charge in [0.15, 0.2) is 0 Å². The Labute approximate surface area is 150 Å². The van der Waals surface area contributed by atoms with Gasteiger partial charge in [-0.2, -0.15) is 0 Å². The maximum atomic E-state index is 11.7. The molecular formula is C20H27ClO3. The second-order valence-corrected chi connectivity index (χ2v) is 6.05. The van der Waals surface area contributed by atoms with Gasteiger partial charge in [0.25, 0.3) is 0 Å². The lowest BCUT2D eigenvalue weighted by Gasteiger charge is -2.06. The van der Waals surface area contributed by atoms with Crippen LogP contribution in [0.25, 0.3) is 0 Å². The molecule has 24 heavy (non-hydrogen) atoms. The van der Waals surface area contributed by atoms with E-state index in [1.54, 1.807) is 24.3 Å². The van der Waals surface area contributed by atoms with Crippen LogP contribution in [0, 0.1) is 0 Å². The van der Waals surface area contributed by atoms with Crippen molar-refractivity contribution in [1.82, 2.24) is 0 Å². The summed E-state index contributed by atoms with van der Waals surface area (Å²) in [5.41, 5.74) is 0.897. The maximum Gasteiger partial charge on any atom is 0.331 e. The molecule has 0 fully saturated rings. The second kappa shape index (κ2) is 12.7. The number of allylic oxidation sites excluding steroid dienone is 3. The van der Waals surface area contributed by atoms with Crippen LogP contribution in [0.5, 0.6) is 5.75 Å². The zero-order valence-electron chi connectivity index (χ0n) is 14.6. The van der Waals surface area contributed by atoms with E-state index < -0.39 is 0 Å². The Morgan fingerprint density at radius 2 is 1.88 bits per heavy atom. The van der Waals surface area contributed by atoms with Crippen LogP contribution in [-0.4, -0.2) is 19.2 Å². The van der Waals surface area contributed by atoms with E-state index in [4.69, 9.17) is 21.1 Å². The van der Waals surface area contributed by atoms with E-state index in [2.05, 4.69) is 13.0 Å². The maximum absolute atomic E-state index is 11.7. The molecule has 0 heterocycles. The SMILES string of the molecule is CCCCCC/C=C/C(C)=C/C(=O)OCCOc1ccc(Cl)cc1. The third kappa shape index (κ3) is 10.1. The molecule has 4 heteroatoms. The lowest BCUT2D eigenvalue weighted by Crippen LogP contribution is -2.10. The highest BCUT2D eigenvalue weighted by Crippen LogP contribution is 2.15. The van der Waals surface area contributed by atoms with E-state index in [1.165, 1.54) is 31.8 Å². The normalized spacial score (nSPS) is 11.7. The summed E-state index contributed by atoms with van der Waals surface area (Å²) in [4.78, 5) is 11.7. The number of halogens is 1. The molecule has 132 valence electrons. The van der Waals surface area contributed by atoms with Crippen LogP contribution in [0.15, 0.2) is 48.1 Å². The number of rotatable bonds is 11. The molecule has 0 aliphatic heterocycles. The largest absolute Gasteiger partial charge is 0.490 e. The van der Waals surface area contributed by atoms with Gasteiger partial charge in [0, 0.05) is 11.1 Å². The summed E-state index contributed by atoms with van der Waals surface area (Å²) in [7, 11) is 0. The van der Waals surface area contributed by atoms with Crippen LogP contribution in [-0.2, 0) is 9.53 Å². The Hall–Kier alpha value is -1.74. The van der Waals surface area contributed by atoms with Gasteiger partial charge >= 0.3 is 5.97 Å². The zero-order chi connectivity index (χ0) is 17.6. The highest BCUT2D eigenvalue weighted by atomic mass is 35.5. The van der Waals surface area contributed by atoms with Crippen LogP contribution < -0.4 is 4.74 Å². The molecule has 1 aromatic carbocycles. The molecule has 1 rings (SSSR count). The van der Waals surface area contributed by atoms with Gasteiger partial charge in [0.05, 0.1) is 0 Å². The molecule has 0 bridgehead atoms. The summed E-state index contributed by atoms with van der Waals surface area (Å²) < 4.78 is 10.6. The van der Waals surface area contributed by atoms with E-state index in [1.807, 2.05) is 13.0 Å². The van der Waals surface area contributed by atoms with Crippen molar-refractivity contribution in [3.8, 4) is 5.75 Å². The minimum absolute atomic E-state index is 0.214. The lowest BCUT2D eigenvalue weighted by molar-refractivity contribution is -0.138. The molecule has 0 aliphatic carbocycles. The van der Waals surface area contributed by atoms with Gasteiger partial charge in [-0.15, -0.1) is 0 Å². The van der Waals surface area contributed by atoms with Crippen molar-refractivity contribution >= 4 is 17.6 Å². The van der Waals surface area contributed by atoms with Crippen molar-refractivity contribution < 1.29 is 14.3 Å². The topological polar surface area (TPSA) is 35.5 Å². The van der Waals surface area contributed by atoms with Crippen LogP contribution >= 0.6 is 11.6 Å². The van der Waals surface area contributed by atoms with Crippen LogP contribution in [0.1, 0.15) is 46.0 Å². The second-order valence-electron chi connectivity index (χ2n) is 5.61. The lowest BCUT2D eigenvalue weighted by atomic mass is 10.1. The minimum atomic E-state index is -0.345. The highest BCUT2D eigenvalue weighted by molar-refractivity contribution is 6.30. The predicted octanol–water partition coefficient (Wildman–Crippen LogP) is 5.73. The summed E-state index contributed by atoms with van der Waals surface area (Å²) in [6.45, 7) is 4.63. The Morgan fingerprint density at radius 1 is 1.12 bits per heavy atom. The molecular weight excluding hydrogens is 324 g/mol. The third-order valence-electron chi connectivity index (χ3n) is 3.36. The van der Waals surface area contributed by atoms with Gasteiger partial charge in [-0.3, -0.25) is 0 Å². The predicted molar refractivity (Wildman–Crippen MR) is 99.6 cm³/mol. The van der Waals surface area contributed by atoms with Gasteiger partial charge in [-0.1, -0.05) is 49.9 Å².